The molecule has 3 heterocycles. The van der Waals surface area contributed by atoms with E-state index in [-0.39, 0.29) is 5.56 Å². The number of nitrogens with zero attached hydrogens (tertiary/aromatic N) is 3. The Morgan fingerprint density at radius 2 is 1.91 bits per heavy atom. The molecule has 0 atom stereocenters. The minimum atomic E-state index is 0.00560. The number of hydrogen-bond acceptors (Lipinski definition) is 3. The second-order valence-corrected chi connectivity index (χ2v) is 5.99. The molecular formula is C17H16N4O. The molecule has 0 saturated heterocycles. The van der Waals surface area contributed by atoms with Crippen LogP contribution in [0.4, 0.5) is 0 Å². The topological polar surface area (TPSA) is 63.6 Å². The Bertz CT molecular complexity index is 1060. The zero-order valence-electron chi connectivity index (χ0n) is 12.5. The Balaban J connectivity index is 2.37. The van der Waals surface area contributed by atoms with Gasteiger partial charge in [-0.3, -0.25) is 9.36 Å². The number of aromatic amines is 1. The maximum Gasteiger partial charge on any atom is 0.260 e. The Morgan fingerprint density at radius 3 is 2.68 bits per heavy atom. The van der Waals surface area contributed by atoms with Crippen molar-refractivity contribution in [2.75, 3.05) is 0 Å². The summed E-state index contributed by atoms with van der Waals surface area (Å²) in [6.07, 6.45) is 1.81. The second-order valence-electron chi connectivity index (χ2n) is 5.99. The predicted molar refractivity (Wildman–Crippen MR) is 88.0 cm³/mol. The molecule has 0 aliphatic heterocycles. The van der Waals surface area contributed by atoms with Crippen molar-refractivity contribution in [1.29, 1.82) is 0 Å². The Kier molecular flexibility index (Phi) is 2.76. The van der Waals surface area contributed by atoms with E-state index in [1.54, 1.807) is 0 Å². The van der Waals surface area contributed by atoms with Crippen molar-refractivity contribution in [2.45, 2.75) is 20.4 Å². The van der Waals surface area contributed by atoms with Gasteiger partial charge in [0.05, 0.1) is 5.39 Å². The number of rotatable bonds is 2. The molecule has 0 spiro atoms. The third-order valence-corrected chi connectivity index (χ3v) is 3.92. The summed E-state index contributed by atoms with van der Waals surface area (Å²) in [5.41, 5.74) is 2.37. The van der Waals surface area contributed by atoms with Gasteiger partial charge in [-0.15, -0.1) is 10.2 Å². The van der Waals surface area contributed by atoms with Gasteiger partial charge < -0.3 is 4.98 Å². The van der Waals surface area contributed by atoms with E-state index < -0.39 is 0 Å². The molecule has 110 valence electrons. The number of aromatic nitrogens is 4. The number of hydrogen-bond donors (Lipinski definition) is 1. The minimum absolute atomic E-state index is 0.00560. The summed E-state index contributed by atoms with van der Waals surface area (Å²) in [5.74, 6) is 0.359. The van der Waals surface area contributed by atoms with Gasteiger partial charge >= 0.3 is 0 Å². The van der Waals surface area contributed by atoms with E-state index in [2.05, 4.69) is 29.0 Å². The SMILES string of the molecule is CC(C)Cn1c(=O)c2ccccc2c2nnc3cc[nH]c1c32. The highest BCUT2D eigenvalue weighted by Crippen LogP contribution is 2.26. The molecule has 0 fully saturated rings. The van der Waals surface area contributed by atoms with Crippen molar-refractivity contribution in [1.82, 2.24) is 19.7 Å². The molecule has 1 N–H and O–H groups in total. The molecule has 5 nitrogen and oxygen atoms in total. The summed E-state index contributed by atoms with van der Waals surface area (Å²) in [6, 6.07) is 9.50. The van der Waals surface area contributed by atoms with Crippen molar-refractivity contribution in [2.24, 2.45) is 5.92 Å². The van der Waals surface area contributed by atoms with Crippen LogP contribution in [0.3, 0.4) is 0 Å². The summed E-state index contributed by atoms with van der Waals surface area (Å²) in [5, 5.41) is 11.0. The molecule has 3 aromatic heterocycles. The molecule has 0 amide bonds. The van der Waals surface area contributed by atoms with Gasteiger partial charge in [0.2, 0.25) is 0 Å². The Morgan fingerprint density at radius 1 is 1.14 bits per heavy atom. The first-order valence-electron chi connectivity index (χ1n) is 7.42. The summed E-state index contributed by atoms with van der Waals surface area (Å²) in [4.78, 5) is 16.3. The van der Waals surface area contributed by atoms with Crippen LogP contribution in [0.2, 0.25) is 0 Å². The fourth-order valence-electron chi connectivity index (χ4n) is 3.01. The van der Waals surface area contributed by atoms with Crippen molar-refractivity contribution < 1.29 is 0 Å². The first-order chi connectivity index (χ1) is 10.7. The van der Waals surface area contributed by atoms with Crippen LogP contribution in [0.1, 0.15) is 13.8 Å². The van der Waals surface area contributed by atoms with Crippen molar-refractivity contribution in [3.8, 4) is 0 Å². The number of H-pyrrole nitrogens is 1. The number of pyridine rings is 1. The smallest absolute Gasteiger partial charge is 0.260 e. The van der Waals surface area contributed by atoms with Gasteiger partial charge in [-0.2, -0.15) is 0 Å². The lowest BCUT2D eigenvalue weighted by Crippen LogP contribution is -2.21. The third kappa shape index (κ3) is 1.75. The van der Waals surface area contributed by atoms with Crippen LogP contribution in [0, 0.1) is 5.92 Å². The van der Waals surface area contributed by atoms with E-state index >= 15 is 0 Å². The summed E-state index contributed by atoms with van der Waals surface area (Å²) in [7, 11) is 0. The number of benzene rings is 1. The summed E-state index contributed by atoms with van der Waals surface area (Å²) in [6.45, 7) is 4.85. The van der Waals surface area contributed by atoms with Gasteiger partial charge in [-0.25, -0.2) is 0 Å². The van der Waals surface area contributed by atoms with Crippen LogP contribution < -0.4 is 5.56 Å². The molecule has 4 aromatic rings. The van der Waals surface area contributed by atoms with Crippen molar-refractivity contribution in [3.63, 3.8) is 0 Å². The average molecular weight is 292 g/mol. The zero-order valence-corrected chi connectivity index (χ0v) is 12.5. The Labute approximate surface area is 126 Å². The molecule has 0 unspecified atom stereocenters. The minimum Gasteiger partial charge on any atom is -0.347 e. The van der Waals surface area contributed by atoms with Crippen LogP contribution in [0.5, 0.6) is 0 Å². The first kappa shape index (κ1) is 13.0. The third-order valence-electron chi connectivity index (χ3n) is 3.92. The molecule has 0 saturated carbocycles. The zero-order chi connectivity index (χ0) is 15.3. The second kappa shape index (κ2) is 4.66. The fourth-order valence-corrected chi connectivity index (χ4v) is 3.01. The van der Waals surface area contributed by atoms with E-state index in [9.17, 15) is 4.79 Å². The molecule has 0 radical (unpaired) electrons. The van der Waals surface area contributed by atoms with E-state index in [0.29, 0.717) is 17.8 Å². The molecule has 0 bridgehead atoms. The van der Waals surface area contributed by atoms with E-state index in [1.165, 1.54) is 0 Å². The lowest BCUT2D eigenvalue weighted by molar-refractivity contribution is 0.523. The van der Waals surface area contributed by atoms with Gasteiger partial charge in [0, 0.05) is 23.5 Å². The standard InChI is InChI=1S/C17H16N4O/c1-10(2)9-21-16-14-13(7-8-18-16)19-20-15(14)11-5-3-4-6-12(11)17(21)22/h3-8,10,18H,9H2,1-2H3. The molecule has 0 aliphatic rings. The van der Waals surface area contributed by atoms with E-state index in [4.69, 9.17) is 0 Å². The normalized spacial score (nSPS) is 12.0. The lowest BCUT2D eigenvalue weighted by Gasteiger charge is -2.09. The summed E-state index contributed by atoms with van der Waals surface area (Å²) >= 11 is 0. The van der Waals surface area contributed by atoms with Gasteiger partial charge in [0.1, 0.15) is 16.7 Å². The van der Waals surface area contributed by atoms with Crippen LogP contribution in [-0.2, 0) is 6.54 Å². The van der Waals surface area contributed by atoms with E-state index in [1.807, 2.05) is 41.1 Å². The maximum absolute atomic E-state index is 13.0. The van der Waals surface area contributed by atoms with Crippen LogP contribution in [-0.4, -0.2) is 19.7 Å². The highest BCUT2D eigenvalue weighted by Gasteiger charge is 2.15. The highest BCUT2D eigenvalue weighted by molar-refractivity contribution is 6.14. The van der Waals surface area contributed by atoms with Crippen molar-refractivity contribution in [3.05, 3.63) is 46.9 Å². The van der Waals surface area contributed by atoms with Gasteiger partial charge in [0.15, 0.2) is 0 Å². The van der Waals surface area contributed by atoms with Crippen molar-refractivity contribution >= 4 is 32.8 Å². The molecular weight excluding hydrogens is 276 g/mol. The monoisotopic (exact) mass is 292 g/mol. The summed E-state index contributed by atoms with van der Waals surface area (Å²) < 4.78 is 1.81. The van der Waals surface area contributed by atoms with Gasteiger partial charge in [-0.1, -0.05) is 32.0 Å². The molecule has 4 rings (SSSR count). The number of nitrogens with one attached hydrogen (secondary N) is 1. The van der Waals surface area contributed by atoms with Gasteiger partial charge in [0.25, 0.3) is 5.56 Å². The van der Waals surface area contributed by atoms with E-state index in [0.717, 1.165) is 27.5 Å². The lowest BCUT2D eigenvalue weighted by atomic mass is 10.1. The molecule has 1 aromatic carbocycles. The number of fused-ring (bicyclic) bond motifs is 2. The van der Waals surface area contributed by atoms with Crippen LogP contribution in [0.25, 0.3) is 32.8 Å². The van der Waals surface area contributed by atoms with Gasteiger partial charge in [-0.05, 0) is 18.1 Å². The molecule has 5 heteroatoms. The quantitative estimate of drug-likeness (QED) is 0.617. The average Bonchev–Trinajstić information content (AvgIpc) is 2.92. The first-order valence-corrected chi connectivity index (χ1v) is 7.42. The largest absolute Gasteiger partial charge is 0.347 e. The van der Waals surface area contributed by atoms with Crippen LogP contribution >= 0.6 is 0 Å². The van der Waals surface area contributed by atoms with Crippen LogP contribution in [0.15, 0.2) is 41.3 Å². The maximum atomic E-state index is 13.0. The Hall–Kier alpha value is -2.69. The molecule has 0 aliphatic carbocycles. The highest BCUT2D eigenvalue weighted by atomic mass is 16.1. The predicted octanol–water partition coefficient (Wildman–Crippen LogP) is 3.08. The fraction of sp³-hybridized carbons (Fsp3) is 0.235. The molecule has 22 heavy (non-hydrogen) atoms.